The highest BCUT2D eigenvalue weighted by Gasteiger charge is 2.21. The van der Waals surface area contributed by atoms with E-state index in [4.69, 9.17) is 0 Å². The Labute approximate surface area is 106 Å². The van der Waals surface area contributed by atoms with E-state index in [1.54, 1.807) is 6.92 Å². The van der Waals surface area contributed by atoms with Gasteiger partial charge in [-0.1, -0.05) is 13.8 Å². The van der Waals surface area contributed by atoms with Crippen molar-refractivity contribution in [1.29, 1.82) is 0 Å². The van der Waals surface area contributed by atoms with Crippen molar-refractivity contribution in [3.8, 4) is 0 Å². The minimum Gasteiger partial charge on any atom is -0.393 e. The molecule has 1 heterocycles. The molecule has 0 radical (unpaired) electrons. The minimum absolute atomic E-state index is 0.197. The maximum Gasteiger partial charge on any atom is 0.252 e. The van der Waals surface area contributed by atoms with Crippen LogP contribution in [0.4, 0.5) is 4.39 Å². The summed E-state index contributed by atoms with van der Waals surface area (Å²) in [5.74, 6) is -0.897. The molecule has 1 aromatic heterocycles. The third-order valence-corrected chi connectivity index (χ3v) is 2.54. The maximum absolute atomic E-state index is 12.9. The van der Waals surface area contributed by atoms with Crippen LogP contribution in [0.1, 0.15) is 37.6 Å². The molecule has 4 nitrogen and oxygen atoms in total. The molecule has 0 aliphatic heterocycles. The van der Waals surface area contributed by atoms with Gasteiger partial charge in [0.1, 0.15) is 5.82 Å². The lowest BCUT2D eigenvalue weighted by molar-refractivity contribution is 0.0901. The van der Waals surface area contributed by atoms with E-state index >= 15 is 0 Å². The molecule has 0 aliphatic carbocycles. The predicted molar refractivity (Wildman–Crippen MR) is 66.6 cm³/mol. The zero-order chi connectivity index (χ0) is 13.8. The number of nitrogens with zero attached hydrogens (tertiary/aromatic N) is 1. The summed E-state index contributed by atoms with van der Waals surface area (Å²) in [6.07, 6.45) is 2.52. The van der Waals surface area contributed by atoms with E-state index in [0.717, 1.165) is 12.3 Å². The molecule has 0 bridgehead atoms. The van der Waals surface area contributed by atoms with Crippen LogP contribution in [0.3, 0.4) is 0 Å². The molecule has 1 atom stereocenters. The van der Waals surface area contributed by atoms with E-state index < -0.39 is 11.9 Å². The van der Waals surface area contributed by atoms with E-state index in [1.165, 1.54) is 6.20 Å². The molecule has 18 heavy (non-hydrogen) atoms. The molecule has 1 rings (SSSR count). The number of nitrogens with one attached hydrogen (secondary N) is 1. The fourth-order valence-electron chi connectivity index (χ4n) is 1.83. The molecule has 0 spiro atoms. The second kappa shape index (κ2) is 5.91. The first-order chi connectivity index (χ1) is 8.30. The van der Waals surface area contributed by atoms with Gasteiger partial charge in [0.05, 0.1) is 17.9 Å². The Morgan fingerprint density at radius 2 is 2.22 bits per heavy atom. The Balaban J connectivity index is 2.56. The SMILES string of the molecule is CC(O)CC(C)(C)CNC(=O)c1cncc(F)c1. The molecule has 0 fully saturated rings. The summed E-state index contributed by atoms with van der Waals surface area (Å²) in [5, 5.41) is 12.0. The number of halogens is 1. The van der Waals surface area contributed by atoms with Gasteiger partial charge >= 0.3 is 0 Å². The van der Waals surface area contributed by atoms with Crippen molar-refractivity contribution in [3.05, 3.63) is 29.8 Å². The number of aromatic nitrogens is 1. The number of hydrogen-bond acceptors (Lipinski definition) is 3. The van der Waals surface area contributed by atoms with Crippen molar-refractivity contribution in [2.75, 3.05) is 6.54 Å². The van der Waals surface area contributed by atoms with Gasteiger partial charge in [0.15, 0.2) is 0 Å². The van der Waals surface area contributed by atoms with Crippen LogP contribution in [0, 0.1) is 11.2 Å². The third-order valence-electron chi connectivity index (χ3n) is 2.54. The molecule has 0 aromatic carbocycles. The molecule has 1 amide bonds. The Bertz CT molecular complexity index is 419. The van der Waals surface area contributed by atoms with Crippen molar-refractivity contribution < 1.29 is 14.3 Å². The van der Waals surface area contributed by atoms with Crippen LogP contribution in [0.2, 0.25) is 0 Å². The first kappa shape index (κ1) is 14.6. The van der Waals surface area contributed by atoms with Gasteiger partial charge in [0.2, 0.25) is 0 Å². The molecule has 0 aliphatic rings. The highest BCUT2D eigenvalue weighted by atomic mass is 19.1. The van der Waals surface area contributed by atoms with Gasteiger partial charge in [-0.3, -0.25) is 9.78 Å². The standard InChI is InChI=1S/C13H19FN2O2/c1-9(17)5-13(2,3)8-16-12(18)10-4-11(14)7-15-6-10/h4,6-7,9,17H,5,8H2,1-3H3,(H,16,18). The van der Waals surface area contributed by atoms with E-state index in [2.05, 4.69) is 10.3 Å². The summed E-state index contributed by atoms with van der Waals surface area (Å²) < 4.78 is 12.9. The summed E-state index contributed by atoms with van der Waals surface area (Å²) in [6.45, 7) is 6.01. The zero-order valence-electron chi connectivity index (χ0n) is 10.9. The smallest absolute Gasteiger partial charge is 0.252 e. The summed E-state index contributed by atoms with van der Waals surface area (Å²) in [6, 6.07) is 1.14. The third kappa shape index (κ3) is 4.79. The second-order valence-electron chi connectivity index (χ2n) is 5.29. The normalized spacial score (nSPS) is 13.2. The minimum atomic E-state index is -0.536. The Hall–Kier alpha value is -1.49. The lowest BCUT2D eigenvalue weighted by atomic mass is 9.87. The van der Waals surface area contributed by atoms with Crippen molar-refractivity contribution in [1.82, 2.24) is 10.3 Å². The number of hydrogen-bond donors (Lipinski definition) is 2. The molecule has 0 saturated carbocycles. The Morgan fingerprint density at radius 1 is 1.56 bits per heavy atom. The average molecular weight is 254 g/mol. The second-order valence-corrected chi connectivity index (χ2v) is 5.29. The monoisotopic (exact) mass is 254 g/mol. The van der Waals surface area contributed by atoms with Crippen LogP contribution >= 0.6 is 0 Å². The Kier molecular flexibility index (Phi) is 4.78. The van der Waals surface area contributed by atoms with Crippen LogP contribution < -0.4 is 5.32 Å². The van der Waals surface area contributed by atoms with E-state index in [-0.39, 0.29) is 16.9 Å². The van der Waals surface area contributed by atoms with Crippen LogP contribution in [0.15, 0.2) is 18.5 Å². The lowest BCUT2D eigenvalue weighted by Crippen LogP contribution is -2.35. The molecule has 2 N–H and O–H groups in total. The number of carbonyl (C=O) groups is 1. The highest BCUT2D eigenvalue weighted by molar-refractivity contribution is 5.93. The molecular weight excluding hydrogens is 235 g/mol. The van der Waals surface area contributed by atoms with E-state index in [9.17, 15) is 14.3 Å². The Morgan fingerprint density at radius 3 is 2.78 bits per heavy atom. The summed E-state index contributed by atoms with van der Waals surface area (Å²) >= 11 is 0. The first-order valence-electron chi connectivity index (χ1n) is 5.87. The highest BCUT2D eigenvalue weighted by Crippen LogP contribution is 2.21. The number of amides is 1. The maximum atomic E-state index is 12.9. The number of aliphatic hydroxyl groups excluding tert-OH is 1. The van der Waals surface area contributed by atoms with Crippen molar-refractivity contribution in [2.24, 2.45) is 5.41 Å². The quantitative estimate of drug-likeness (QED) is 0.841. The van der Waals surface area contributed by atoms with Crippen LogP contribution in [-0.2, 0) is 0 Å². The largest absolute Gasteiger partial charge is 0.393 e. The summed E-state index contributed by atoms with van der Waals surface area (Å²) in [5.41, 5.74) is -0.0206. The average Bonchev–Trinajstić information content (AvgIpc) is 2.24. The van der Waals surface area contributed by atoms with Crippen LogP contribution in [0.5, 0.6) is 0 Å². The number of carbonyl (C=O) groups excluding carboxylic acids is 1. The van der Waals surface area contributed by atoms with Gasteiger partial charge in [-0.15, -0.1) is 0 Å². The molecule has 1 unspecified atom stereocenters. The number of aliphatic hydroxyl groups is 1. The van der Waals surface area contributed by atoms with Gasteiger partial charge in [-0.2, -0.15) is 0 Å². The van der Waals surface area contributed by atoms with Crippen molar-refractivity contribution >= 4 is 5.91 Å². The van der Waals surface area contributed by atoms with Gasteiger partial charge in [0, 0.05) is 12.7 Å². The number of pyridine rings is 1. The van der Waals surface area contributed by atoms with Crippen LogP contribution in [0.25, 0.3) is 0 Å². The molecule has 5 heteroatoms. The summed E-state index contributed by atoms with van der Waals surface area (Å²) in [7, 11) is 0. The van der Waals surface area contributed by atoms with E-state index in [1.807, 2.05) is 13.8 Å². The number of rotatable bonds is 5. The van der Waals surface area contributed by atoms with Crippen molar-refractivity contribution in [2.45, 2.75) is 33.3 Å². The molecule has 100 valence electrons. The van der Waals surface area contributed by atoms with Crippen LogP contribution in [-0.4, -0.2) is 28.6 Å². The fourth-order valence-corrected chi connectivity index (χ4v) is 1.83. The van der Waals surface area contributed by atoms with Gasteiger partial charge < -0.3 is 10.4 Å². The van der Waals surface area contributed by atoms with Gasteiger partial charge in [-0.05, 0) is 24.8 Å². The lowest BCUT2D eigenvalue weighted by Gasteiger charge is -2.26. The summed E-state index contributed by atoms with van der Waals surface area (Å²) in [4.78, 5) is 15.4. The van der Waals surface area contributed by atoms with Gasteiger partial charge in [-0.25, -0.2) is 4.39 Å². The molecular formula is C13H19FN2O2. The molecule has 0 saturated heterocycles. The topological polar surface area (TPSA) is 62.2 Å². The first-order valence-corrected chi connectivity index (χ1v) is 5.87. The van der Waals surface area contributed by atoms with E-state index in [0.29, 0.717) is 13.0 Å². The fraction of sp³-hybridized carbons (Fsp3) is 0.538. The van der Waals surface area contributed by atoms with Gasteiger partial charge in [0.25, 0.3) is 5.91 Å². The molecule has 1 aromatic rings. The van der Waals surface area contributed by atoms with Crippen molar-refractivity contribution in [3.63, 3.8) is 0 Å². The zero-order valence-corrected chi connectivity index (χ0v) is 10.9. The predicted octanol–water partition coefficient (Wildman–Crippen LogP) is 1.75.